The van der Waals surface area contributed by atoms with Crippen molar-refractivity contribution in [2.45, 2.75) is 39.9 Å². The van der Waals surface area contributed by atoms with Gasteiger partial charge in [-0.15, -0.1) is 0 Å². The van der Waals surface area contributed by atoms with E-state index in [0.717, 1.165) is 20.5 Å². The average molecular weight is 465 g/mol. The van der Waals surface area contributed by atoms with Crippen molar-refractivity contribution in [2.24, 2.45) is 5.73 Å². The quantitative estimate of drug-likeness (QED) is 0.185. The summed E-state index contributed by atoms with van der Waals surface area (Å²) in [5, 5.41) is 13.0. The molecule has 0 spiro atoms. The van der Waals surface area contributed by atoms with Gasteiger partial charge in [0, 0.05) is 23.8 Å². The number of hydrogen-bond donors (Lipinski definition) is 5. The molecule has 0 atom stereocenters. The Bertz CT molecular complexity index is 1320. The van der Waals surface area contributed by atoms with Crippen molar-refractivity contribution < 1.29 is 4.79 Å². The number of amides is 1. The fraction of sp³-hybridized carbons (Fsp3) is 0.261. The van der Waals surface area contributed by atoms with Crippen LogP contribution in [0.4, 0.5) is 11.5 Å². The van der Waals surface area contributed by atoms with Gasteiger partial charge < -0.3 is 22.1 Å². The molecule has 2 aromatic carbocycles. The van der Waals surface area contributed by atoms with E-state index in [1.807, 2.05) is 13.8 Å². The molecule has 0 fully saturated rings. The van der Waals surface area contributed by atoms with Crippen molar-refractivity contribution in [3.8, 4) is 5.69 Å². The van der Waals surface area contributed by atoms with Gasteiger partial charge in [0.2, 0.25) is 5.91 Å². The van der Waals surface area contributed by atoms with Crippen molar-refractivity contribution in [1.29, 1.82) is 5.41 Å². The van der Waals surface area contributed by atoms with E-state index in [-0.39, 0.29) is 24.2 Å². The largest absolute Gasteiger partial charge is 0.399 e. The number of nitrogen functional groups attached to an aromatic ring is 2. The number of nitrogens with one attached hydrogen (secondary N) is 3. The molecule has 1 heterocycles. The summed E-state index contributed by atoms with van der Waals surface area (Å²) in [6, 6.07) is 11.6. The van der Waals surface area contributed by atoms with E-state index in [4.69, 9.17) is 16.9 Å². The average Bonchev–Trinajstić information content (AvgIpc) is 2.75. The third-order valence-electron chi connectivity index (χ3n) is 4.87. The summed E-state index contributed by atoms with van der Waals surface area (Å²) in [7, 11) is 0. The van der Waals surface area contributed by atoms with E-state index < -0.39 is 23.7 Å². The molecular formula is C23H28N8O3. The number of aromatic nitrogens is 3. The highest BCUT2D eigenvalue weighted by molar-refractivity contribution is 5.94. The topological polar surface area (TPSA) is 174 Å². The van der Waals surface area contributed by atoms with Crippen LogP contribution in [0.1, 0.15) is 30.5 Å². The minimum Gasteiger partial charge on any atom is -0.399 e. The molecule has 0 aliphatic rings. The van der Waals surface area contributed by atoms with Crippen LogP contribution in [-0.2, 0) is 17.9 Å². The van der Waals surface area contributed by atoms with Crippen LogP contribution < -0.4 is 33.3 Å². The summed E-state index contributed by atoms with van der Waals surface area (Å²) in [5.41, 5.74) is 12.9. The van der Waals surface area contributed by atoms with Gasteiger partial charge in [0.15, 0.2) is 5.82 Å². The van der Waals surface area contributed by atoms with Crippen molar-refractivity contribution >= 4 is 23.2 Å². The Morgan fingerprint density at radius 2 is 1.82 bits per heavy atom. The third kappa shape index (κ3) is 5.68. The Morgan fingerprint density at radius 3 is 2.41 bits per heavy atom. The van der Waals surface area contributed by atoms with E-state index in [9.17, 15) is 14.4 Å². The monoisotopic (exact) mass is 464 g/mol. The second-order valence-electron chi connectivity index (χ2n) is 8.21. The zero-order chi connectivity index (χ0) is 25.0. The predicted octanol–water partition coefficient (Wildman–Crippen LogP) is 0.706. The molecule has 0 saturated heterocycles. The lowest BCUT2D eigenvalue weighted by molar-refractivity contribution is -0.122. The second-order valence-corrected chi connectivity index (χ2v) is 8.21. The van der Waals surface area contributed by atoms with Crippen molar-refractivity contribution in [1.82, 2.24) is 19.7 Å². The molecule has 11 heteroatoms. The van der Waals surface area contributed by atoms with Crippen LogP contribution in [0.3, 0.4) is 0 Å². The van der Waals surface area contributed by atoms with Gasteiger partial charge in [0.25, 0.3) is 0 Å². The van der Waals surface area contributed by atoms with Crippen LogP contribution in [0.25, 0.3) is 5.69 Å². The van der Waals surface area contributed by atoms with Crippen LogP contribution in [-0.4, -0.2) is 32.1 Å². The highest BCUT2D eigenvalue weighted by Gasteiger charge is 2.18. The molecule has 3 aromatic rings. The zero-order valence-corrected chi connectivity index (χ0v) is 19.3. The molecule has 178 valence electrons. The number of benzene rings is 2. The lowest BCUT2D eigenvalue weighted by Crippen LogP contribution is -2.44. The number of anilines is 2. The summed E-state index contributed by atoms with van der Waals surface area (Å²) in [6.45, 7) is 5.20. The number of aryl methyl sites for hydroxylation is 1. The van der Waals surface area contributed by atoms with E-state index in [0.29, 0.717) is 16.9 Å². The van der Waals surface area contributed by atoms with E-state index >= 15 is 0 Å². The van der Waals surface area contributed by atoms with Crippen LogP contribution in [0.15, 0.2) is 52.1 Å². The standard InChI is InChI=1S/C23H28N8O3/c1-13(2)28-21-22(33)30(31(23(34)29-21)18-9-14(3)8-17(24)10-18)12-19(32)27-11-15-4-6-16(7-5-15)20(25)26/h4-10,13H,11-12,24H2,1-3H3,(H3,25,26)(H,27,32)(H,28,29,34). The molecule has 11 nitrogen and oxygen atoms in total. The highest BCUT2D eigenvalue weighted by Crippen LogP contribution is 2.14. The first-order chi connectivity index (χ1) is 16.0. The normalized spacial score (nSPS) is 10.8. The number of carbonyl (C=O) groups excluding carboxylic acids is 1. The summed E-state index contributed by atoms with van der Waals surface area (Å²) in [4.78, 5) is 42.7. The van der Waals surface area contributed by atoms with Gasteiger partial charge in [-0.25, -0.2) is 9.48 Å². The van der Waals surface area contributed by atoms with Crippen molar-refractivity contribution in [2.75, 3.05) is 11.1 Å². The fourth-order valence-electron chi connectivity index (χ4n) is 3.38. The van der Waals surface area contributed by atoms with Gasteiger partial charge in [0.1, 0.15) is 12.4 Å². The molecule has 0 radical (unpaired) electrons. The molecule has 1 amide bonds. The summed E-state index contributed by atoms with van der Waals surface area (Å²) < 4.78 is 2.10. The Morgan fingerprint density at radius 1 is 1.15 bits per heavy atom. The lowest BCUT2D eigenvalue weighted by atomic mass is 10.1. The maximum absolute atomic E-state index is 13.2. The molecule has 1 aromatic heterocycles. The molecule has 0 aliphatic carbocycles. The minimum absolute atomic E-state index is 0.0479. The Kier molecular flexibility index (Phi) is 7.15. The lowest BCUT2D eigenvalue weighted by Gasteiger charge is -2.18. The molecular weight excluding hydrogens is 436 g/mol. The fourth-order valence-corrected chi connectivity index (χ4v) is 3.38. The molecule has 0 unspecified atom stereocenters. The number of nitrogens with two attached hydrogens (primary N) is 2. The summed E-state index contributed by atoms with van der Waals surface area (Å²) in [6.07, 6.45) is 0. The van der Waals surface area contributed by atoms with Crippen LogP contribution >= 0.6 is 0 Å². The Labute approximate surface area is 195 Å². The number of nitrogens with zero attached hydrogens (tertiary/aromatic N) is 3. The third-order valence-corrected chi connectivity index (χ3v) is 4.87. The second kappa shape index (κ2) is 10.0. The number of hydrogen-bond acceptors (Lipinski definition) is 7. The maximum atomic E-state index is 13.2. The van der Waals surface area contributed by atoms with Crippen molar-refractivity contribution in [3.63, 3.8) is 0 Å². The van der Waals surface area contributed by atoms with E-state index in [1.54, 1.807) is 43.3 Å². The summed E-state index contributed by atoms with van der Waals surface area (Å²) >= 11 is 0. The first-order valence-corrected chi connectivity index (χ1v) is 10.6. The Balaban J connectivity index is 1.95. The Hall–Kier alpha value is -4.41. The molecule has 0 saturated carbocycles. The van der Waals surface area contributed by atoms with Crippen LogP contribution in [0.2, 0.25) is 0 Å². The predicted molar refractivity (Wildman–Crippen MR) is 131 cm³/mol. The number of rotatable bonds is 8. The van der Waals surface area contributed by atoms with E-state index in [1.165, 1.54) is 6.07 Å². The molecule has 0 aliphatic heterocycles. The van der Waals surface area contributed by atoms with Gasteiger partial charge in [-0.1, -0.05) is 24.3 Å². The van der Waals surface area contributed by atoms with Gasteiger partial charge in [-0.3, -0.25) is 15.0 Å². The molecule has 0 bridgehead atoms. The molecule has 7 N–H and O–H groups in total. The van der Waals surface area contributed by atoms with Gasteiger partial charge in [-0.2, -0.15) is 9.67 Å². The van der Waals surface area contributed by atoms with Crippen LogP contribution in [0, 0.1) is 12.3 Å². The molecule has 3 rings (SSSR count). The van der Waals surface area contributed by atoms with E-state index in [2.05, 4.69) is 15.6 Å². The highest BCUT2D eigenvalue weighted by atomic mass is 16.2. The van der Waals surface area contributed by atoms with Gasteiger partial charge >= 0.3 is 11.2 Å². The van der Waals surface area contributed by atoms with Crippen molar-refractivity contribution in [3.05, 3.63) is 80.0 Å². The van der Waals surface area contributed by atoms with Gasteiger partial charge in [0.05, 0.1) is 5.69 Å². The van der Waals surface area contributed by atoms with Crippen LogP contribution in [0.5, 0.6) is 0 Å². The van der Waals surface area contributed by atoms with Gasteiger partial charge in [-0.05, 0) is 50.1 Å². The number of carbonyl (C=O) groups is 1. The SMILES string of the molecule is Cc1cc(N)cc(-n2c(=O)nc(NC(C)C)c(=O)n2CC(=O)NCc2ccc(C(=N)N)cc2)c1. The zero-order valence-electron chi connectivity index (χ0n) is 19.3. The first kappa shape index (κ1) is 24.2. The number of amidine groups is 1. The molecule has 34 heavy (non-hydrogen) atoms. The minimum atomic E-state index is -0.722. The maximum Gasteiger partial charge on any atom is 0.369 e. The summed E-state index contributed by atoms with van der Waals surface area (Å²) in [5.74, 6) is -0.661. The first-order valence-electron chi connectivity index (χ1n) is 10.6. The smallest absolute Gasteiger partial charge is 0.369 e.